The number of nitrogens with one attached hydrogen (secondary N) is 1. The zero-order chi connectivity index (χ0) is 27.0. The van der Waals surface area contributed by atoms with Crippen LogP contribution < -0.4 is 5.32 Å². The van der Waals surface area contributed by atoms with E-state index in [0.717, 1.165) is 5.56 Å². The summed E-state index contributed by atoms with van der Waals surface area (Å²) in [7, 11) is 2.55. The van der Waals surface area contributed by atoms with Gasteiger partial charge in [0.15, 0.2) is 0 Å². The molecule has 0 saturated carbocycles. The van der Waals surface area contributed by atoms with E-state index in [1.54, 1.807) is 30.3 Å². The molecule has 10 heteroatoms. The molecular formula is C27H31NO7S2. The Hall–Kier alpha value is -2.98. The van der Waals surface area contributed by atoms with Crippen molar-refractivity contribution in [3.63, 3.8) is 0 Å². The van der Waals surface area contributed by atoms with Crippen molar-refractivity contribution in [3.8, 4) is 0 Å². The zero-order valence-corrected chi connectivity index (χ0v) is 22.8. The number of ether oxygens (including phenoxy) is 3. The van der Waals surface area contributed by atoms with Gasteiger partial charge in [-0.3, -0.25) is 14.4 Å². The summed E-state index contributed by atoms with van der Waals surface area (Å²) >= 11 is 2.61. The average molecular weight is 546 g/mol. The van der Waals surface area contributed by atoms with Crippen LogP contribution in [0.4, 0.5) is 0 Å². The molecule has 1 heterocycles. The molecule has 0 bridgehead atoms. The van der Waals surface area contributed by atoms with E-state index in [0.29, 0.717) is 5.56 Å². The Morgan fingerprint density at radius 2 is 1.38 bits per heavy atom. The molecule has 3 atom stereocenters. The van der Waals surface area contributed by atoms with E-state index < -0.39 is 45.8 Å². The van der Waals surface area contributed by atoms with Gasteiger partial charge in [-0.05, 0) is 29.5 Å². The van der Waals surface area contributed by atoms with Crippen molar-refractivity contribution in [1.82, 2.24) is 5.32 Å². The minimum atomic E-state index is -0.957. The second-order valence-electron chi connectivity index (χ2n) is 9.17. The molecule has 2 aromatic carbocycles. The first kappa shape index (κ1) is 28.6. The number of methoxy groups -OCH3 is 2. The highest BCUT2D eigenvalue weighted by Gasteiger charge is 2.51. The van der Waals surface area contributed by atoms with Crippen LogP contribution in [-0.2, 0) is 35.2 Å². The van der Waals surface area contributed by atoms with Crippen LogP contribution in [-0.4, -0.2) is 59.2 Å². The minimum absolute atomic E-state index is 0.0690. The average Bonchev–Trinajstić information content (AvgIpc) is 3.38. The summed E-state index contributed by atoms with van der Waals surface area (Å²) in [5.74, 6) is -1.99. The van der Waals surface area contributed by atoms with Gasteiger partial charge in [-0.15, -0.1) is 23.5 Å². The molecule has 1 N–H and O–H groups in total. The number of amides is 1. The van der Waals surface area contributed by atoms with Crippen LogP contribution in [0.1, 0.15) is 36.2 Å². The van der Waals surface area contributed by atoms with Crippen LogP contribution in [0.25, 0.3) is 0 Å². The summed E-state index contributed by atoms with van der Waals surface area (Å²) in [5, 5.41) is 1.34. The van der Waals surface area contributed by atoms with E-state index >= 15 is 0 Å². The number of carbonyl (C=O) groups is 4. The standard InChI is InChI=1S/C27H31NO7S2/c1-27(2,26-36-20(24(31)33-3)21(37-26)25(32)34-4)15-19(28-22(29)18-13-9-6-10-14-18)23(30)35-16-17-11-7-5-8-12-17/h5-14,19-21,26H,15-16H2,1-4H3,(H,28,29)/t19-,20?,21?,26?/m0/s1. The molecule has 1 aliphatic rings. The van der Waals surface area contributed by atoms with Gasteiger partial charge in [-0.25, -0.2) is 4.79 Å². The first-order chi connectivity index (χ1) is 17.7. The van der Waals surface area contributed by atoms with E-state index in [1.165, 1.54) is 37.7 Å². The summed E-state index contributed by atoms with van der Waals surface area (Å²) in [6, 6.07) is 16.9. The Bertz CT molecular complexity index is 1070. The highest BCUT2D eigenvalue weighted by molar-refractivity contribution is 8.21. The third-order valence-corrected chi connectivity index (χ3v) is 10.0. The summed E-state index contributed by atoms with van der Waals surface area (Å²) < 4.78 is 15.1. The van der Waals surface area contributed by atoms with Crippen molar-refractivity contribution in [2.24, 2.45) is 5.41 Å². The fourth-order valence-electron chi connectivity index (χ4n) is 3.88. The van der Waals surface area contributed by atoms with E-state index in [4.69, 9.17) is 14.2 Å². The second kappa shape index (κ2) is 13.0. The number of carbonyl (C=O) groups excluding carboxylic acids is 4. The molecule has 1 fully saturated rings. The predicted octanol–water partition coefficient (Wildman–Crippen LogP) is 3.83. The molecule has 1 saturated heterocycles. The molecule has 0 radical (unpaired) electrons. The third-order valence-electron chi connectivity index (χ3n) is 5.90. The fraction of sp³-hybridized carbons (Fsp3) is 0.407. The lowest BCUT2D eigenvalue weighted by atomic mass is 9.87. The zero-order valence-electron chi connectivity index (χ0n) is 21.2. The first-order valence-corrected chi connectivity index (χ1v) is 13.6. The molecule has 0 aliphatic carbocycles. The third kappa shape index (κ3) is 7.52. The molecule has 0 aromatic heterocycles. The Balaban J connectivity index is 1.79. The van der Waals surface area contributed by atoms with E-state index in [-0.39, 0.29) is 17.6 Å². The van der Waals surface area contributed by atoms with Crippen LogP contribution >= 0.6 is 23.5 Å². The Labute approximate surface area is 225 Å². The van der Waals surface area contributed by atoms with Gasteiger partial charge < -0.3 is 19.5 Å². The molecular weight excluding hydrogens is 514 g/mol. The van der Waals surface area contributed by atoms with E-state index in [1.807, 2.05) is 44.2 Å². The van der Waals surface area contributed by atoms with Gasteiger partial charge in [0.2, 0.25) is 0 Å². The van der Waals surface area contributed by atoms with Crippen LogP contribution in [0.3, 0.4) is 0 Å². The Morgan fingerprint density at radius 1 is 0.865 bits per heavy atom. The summed E-state index contributed by atoms with van der Waals surface area (Å²) in [5.41, 5.74) is 0.638. The molecule has 1 aliphatic heterocycles. The largest absolute Gasteiger partial charge is 0.468 e. The molecule has 0 spiro atoms. The van der Waals surface area contributed by atoms with Crippen molar-refractivity contribution in [1.29, 1.82) is 0 Å². The lowest BCUT2D eigenvalue weighted by molar-refractivity contribution is -0.148. The number of hydrogen-bond acceptors (Lipinski definition) is 9. The molecule has 1 amide bonds. The maximum atomic E-state index is 13.2. The summed E-state index contributed by atoms with van der Waals surface area (Å²) in [4.78, 5) is 50.9. The van der Waals surface area contributed by atoms with E-state index in [2.05, 4.69) is 5.32 Å². The maximum absolute atomic E-state index is 13.2. The van der Waals surface area contributed by atoms with Crippen molar-refractivity contribution in [2.45, 2.75) is 48.0 Å². The highest BCUT2D eigenvalue weighted by atomic mass is 32.2. The van der Waals surface area contributed by atoms with Crippen LogP contribution in [0.5, 0.6) is 0 Å². The van der Waals surface area contributed by atoms with Gasteiger partial charge in [0.1, 0.15) is 23.1 Å². The van der Waals surface area contributed by atoms with Gasteiger partial charge in [-0.1, -0.05) is 62.4 Å². The number of rotatable bonds is 10. The van der Waals surface area contributed by atoms with Crippen molar-refractivity contribution in [3.05, 3.63) is 71.8 Å². The minimum Gasteiger partial charge on any atom is -0.468 e. The molecule has 198 valence electrons. The monoisotopic (exact) mass is 545 g/mol. The lowest BCUT2D eigenvalue weighted by Crippen LogP contribution is -2.45. The van der Waals surface area contributed by atoms with Gasteiger partial charge in [-0.2, -0.15) is 0 Å². The number of hydrogen-bond donors (Lipinski definition) is 1. The molecule has 8 nitrogen and oxygen atoms in total. The smallest absolute Gasteiger partial charge is 0.329 e. The molecule has 2 unspecified atom stereocenters. The topological polar surface area (TPSA) is 108 Å². The summed E-state index contributed by atoms with van der Waals surface area (Å²) in [6.45, 7) is 3.93. The number of thioether (sulfide) groups is 2. The molecule has 2 aromatic rings. The van der Waals surface area contributed by atoms with Gasteiger partial charge in [0.05, 0.1) is 18.8 Å². The summed E-state index contributed by atoms with van der Waals surface area (Å²) in [6.07, 6.45) is 0.214. The molecule has 37 heavy (non-hydrogen) atoms. The van der Waals surface area contributed by atoms with Gasteiger partial charge in [0, 0.05) is 5.56 Å². The predicted molar refractivity (Wildman–Crippen MR) is 143 cm³/mol. The second-order valence-corrected chi connectivity index (χ2v) is 12.0. The Morgan fingerprint density at radius 3 is 1.89 bits per heavy atom. The van der Waals surface area contributed by atoms with Crippen LogP contribution in [0.15, 0.2) is 60.7 Å². The van der Waals surface area contributed by atoms with E-state index in [9.17, 15) is 19.2 Å². The van der Waals surface area contributed by atoms with Gasteiger partial charge >= 0.3 is 17.9 Å². The SMILES string of the molecule is COC(=O)C1SC(C(C)(C)C[C@H](NC(=O)c2ccccc2)C(=O)OCc2ccccc2)SC1C(=O)OC. The molecule has 3 rings (SSSR count). The first-order valence-electron chi connectivity index (χ1n) is 11.7. The number of esters is 3. The maximum Gasteiger partial charge on any atom is 0.329 e. The fourth-order valence-corrected chi connectivity index (χ4v) is 7.62. The number of benzene rings is 2. The van der Waals surface area contributed by atoms with Crippen molar-refractivity contribution < 1.29 is 33.4 Å². The van der Waals surface area contributed by atoms with Crippen LogP contribution in [0.2, 0.25) is 0 Å². The van der Waals surface area contributed by atoms with Gasteiger partial charge in [0.25, 0.3) is 5.91 Å². The Kier molecular flexibility index (Phi) is 10.0. The quantitative estimate of drug-likeness (QED) is 0.352. The van der Waals surface area contributed by atoms with Crippen LogP contribution in [0, 0.1) is 5.41 Å². The van der Waals surface area contributed by atoms with Crippen molar-refractivity contribution >= 4 is 47.3 Å². The highest BCUT2D eigenvalue weighted by Crippen LogP contribution is 2.53. The van der Waals surface area contributed by atoms with Crippen molar-refractivity contribution in [2.75, 3.05) is 14.2 Å². The lowest BCUT2D eigenvalue weighted by Gasteiger charge is -2.33. The normalized spacial score (nSPS) is 19.9.